The zero-order valence-electron chi connectivity index (χ0n) is 40.5. The van der Waals surface area contributed by atoms with Gasteiger partial charge >= 0.3 is 17.9 Å². The van der Waals surface area contributed by atoms with Crippen molar-refractivity contribution in [3.63, 3.8) is 0 Å². The second-order valence-corrected chi connectivity index (χ2v) is 16.3. The number of rotatable bonds is 44. The van der Waals surface area contributed by atoms with Gasteiger partial charge in [0.2, 0.25) is 0 Å². The minimum atomic E-state index is -0.822. The fourth-order valence-electron chi connectivity index (χ4n) is 6.50. The smallest absolute Gasteiger partial charge is 0.306 e. The fraction of sp³-hybridized carbons (Fsp3) is 0.632. The summed E-state index contributed by atoms with van der Waals surface area (Å²) >= 11 is 0. The summed E-state index contributed by atoms with van der Waals surface area (Å²) in [6.07, 6.45) is 67.9. The van der Waals surface area contributed by atoms with E-state index in [-0.39, 0.29) is 44.0 Å². The van der Waals surface area contributed by atoms with Crippen molar-refractivity contribution in [2.45, 2.75) is 219 Å². The average molecular weight is 873 g/mol. The first-order valence-corrected chi connectivity index (χ1v) is 25.4. The molecule has 1 atom stereocenters. The Balaban J connectivity index is 4.55. The van der Waals surface area contributed by atoms with Crippen molar-refractivity contribution in [3.05, 3.63) is 109 Å². The monoisotopic (exact) mass is 873 g/mol. The van der Waals surface area contributed by atoms with Gasteiger partial charge < -0.3 is 14.2 Å². The lowest BCUT2D eigenvalue weighted by atomic mass is 10.1. The predicted octanol–water partition coefficient (Wildman–Crippen LogP) is 16.8. The first kappa shape index (κ1) is 59.1. The Kier molecular flexibility index (Phi) is 47.5. The van der Waals surface area contributed by atoms with E-state index in [4.69, 9.17) is 14.2 Å². The van der Waals surface area contributed by atoms with Crippen LogP contribution >= 0.6 is 0 Å². The van der Waals surface area contributed by atoms with E-state index in [1.165, 1.54) is 44.9 Å². The molecule has 0 aromatic carbocycles. The maximum Gasteiger partial charge on any atom is 0.306 e. The van der Waals surface area contributed by atoms with Crippen LogP contribution < -0.4 is 0 Å². The minimum Gasteiger partial charge on any atom is -0.462 e. The molecule has 0 bridgehead atoms. The Hall–Kier alpha value is -3.93. The van der Waals surface area contributed by atoms with Crippen molar-refractivity contribution in [1.82, 2.24) is 0 Å². The molecule has 0 aliphatic rings. The SMILES string of the molecule is CC/C=C\C/C=C\C/C=C\C/C=C\C/C=C\CCCC(=O)OCC(COC(=O)CCCCCCC/C=C\C/C=C\CC)OC(=O)CCCCC/C=C\C=C/CCCCCCCCC. The lowest BCUT2D eigenvalue weighted by Gasteiger charge is -2.18. The number of carbonyl (C=O) groups is 3. The van der Waals surface area contributed by atoms with Gasteiger partial charge in [-0.05, 0) is 109 Å². The van der Waals surface area contributed by atoms with Gasteiger partial charge in [-0.2, -0.15) is 0 Å². The van der Waals surface area contributed by atoms with Gasteiger partial charge in [-0.25, -0.2) is 0 Å². The molecular weight excluding hydrogens is 781 g/mol. The van der Waals surface area contributed by atoms with E-state index < -0.39 is 6.10 Å². The van der Waals surface area contributed by atoms with E-state index >= 15 is 0 Å². The summed E-state index contributed by atoms with van der Waals surface area (Å²) < 4.78 is 16.7. The van der Waals surface area contributed by atoms with Crippen molar-refractivity contribution in [2.75, 3.05) is 13.2 Å². The van der Waals surface area contributed by atoms with Crippen LogP contribution in [0.25, 0.3) is 0 Å². The molecule has 0 aliphatic heterocycles. The van der Waals surface area contributed by atoms with E-state index in [0.29, 0.717) is 12.8 Å². The Bertz CT molecular complexity index is 1330. The molecule has 0 fully saturated rings. The van der Waals surface area contributed by atoms with E-state index in [1.54, 1.807) is 0 Å². The van der Waals surface area contributed by atoms with Gasteiger partial charge in [0, 0.05) is 19.3 Å². The summed E-state index contributed by atoms with van der Waals surface area (Å²) in [5, 5.41) is 0. The lowest BCUT2D eigenvalue weighted by Crippen LogP contribution is -2.30. The molecule has 0 heterocycles. The molecule has 0 radical (unpaired) electrons. The van der Waals surface area contributed by atoms with Gasteiger partial charge in [0.05, 0.1) is 0 Å². The molecule has 6 heteroatoms. The fourth-order valence-corrected chi connectivity index (χ4v) is 6.50. The highest BCUT2D eigenvalue weighted by molar-refractivity contribution is 5.71. The predicted molar refractivity (Wildman–Crippen MR) is 270 cm³/mol. The van der Waals surface area contributed by atoms with Gasteiger partial charge in [-0.1, -0.05) is 194 Å². The van der Waals surface area contributed by atoms with E-state index in [1.807, 2.05) is 0 Å². The third kappa shape index (κ3) is 49.0. The van der Waals surface area contributed by atoms with Gasteiger partial charge in [-0.3, -0.25) is 14.4 Å². The van der Waals surface area contributed by atoms with Gasteiger partial charge in [0.25, 0.3) is 0 Å². The molecule has 356 valence electrons. The topological polar surface area (TPSA) is 78.9 Å². The third-order valence-corrected chi connectivity index (χ3v) is 10.3. The van der Waals surface area contributed by atoms with Gasteiger partial charge in [0.1, 0.15) is 13.2 Å². The van der Waals surface area contributed by atoms with E-state index in [2.05, 4.69) is 130 Å². The maximum absolute atomic E-state index is 12.8. The summed E-state index contributed by atoms with van der Waals surface area (Å²) in [6, 6.07) is 0. The first-order chi connectivity index (χ1) is 31.0. The van der Waals surface area contributed by atoms with E-state index in [9.17, 15) is 14.4 Å². The molecule has 63 heavy (non-hydrogen) atoms. The van der Waals surface area contributed by atoms with Crippen LogP contribution in [0, 0.1) is 0 Å². The van der Waals surface area contributed by atoms with Crippen molar-refractivity contribution in [3.8, 4) is 0 Å². The van der Waals surface area contributed by atoms with Crippen molar-refractivity contribution >= 4 is 17.9 Å². The molecule has 0 spiro atoms. The number of carbonyl (C=O) groups excluding carboxylic acids is 3. The molecule has 0 N–H and O–H groups in total. The molecule has 0 aliphatic carbocycles. The Labute approximate surface area is 387 Å². The highest BCUT2D eigenvalue weighted by Crippen LogP contribution is 2.12. The minimum absolute atomic E-state index is 0.116. The van der Waals surface area contributed by atoms with Crippen LogP contribution in [0.2, 0.25) is 0 Å². The van der Waals surface area contributed by atoms with Crippen LogP contribution in [0.5, 0.6) is 0 Å². The highest BCUT2D eigenvalue weighted by atomic mass is 16.6. The number of esters is 3. The molecule has 0 amide bonds. The lowest BCUT2D eigenvalue weighted by molar-refractivity contribution is -0.167. The molecule has 0 aromatic heterocycles. The normalized spacial score (nSPS) is 13.0. The summed E-state index contributed by atoms with van der Waals surface area (Å²) in [5.41, 5.74) is 0. The van der Waals surface area contributed by atoms with Crippen LogP contribution in [0.4, 0.5) is 0 Å². The molecule has 1 unspecified atom stereocenters. The molecule has 0 saturated carbocycles. The zero-order chi connectivity index (χ0) is 45.8. The van der Waals surface area contributed by atoms with Gasteiger partial charge in [0.15, 0.2) is 6.10 Å². The number of hydrogen-bond donors (Lipinski definition) is 0. The summed E-state index contributed by atoms with van der Waals surface area (Å²) in [4.78, 5) is 37.9. The van der Waals surface area contributed by atoms with Gasteiger partial charge in [-0.15, -0.1) is 0 Å². The zero-order valence-corrected chi connectivity index (χ0v) is 40.5. The second-order valence-electron chi connectivity index (χ2n) is 16.3. The summed E-state index contributed by atoms with van der Waals surface area (Å²) in [5.74, 6) is -1.02. The standard InChI is InChI=1S/C57H92O6/c1-4-7-10-13-16-19-22-25-27-29-31-32-35-38-41-44-47-50-56(59)62-53-54(52-61-55(58)49-46-43-40-37-34-24-21-18-15-12-9-6-3)63-57(60)51-48-45-42-39-36-33-30-28-26-23-20-17-14-11-8-5-2/h7,9-10,12,16,18-19,21,25,27-28,30-33,36,38,41,54H,4-6,8,11,13-15,17,20,22-24,26,29,34-35,37,39-40,42-53H2,1-3H3/b10-7-,12-9-,19-16-,21-18-,27-25-,30-28-,32-31-,36-33-,41-38-. The Morgan fingerprint density at radius 3 is 1.14 bits per heavy atom. The van der Waals surface area contributed by atoms with Crippen molar-refractivity contribution < 1.29 is 28.6 Å². The maximum atomic E-state index is 12.8. The second kappa shape index (κ2) is 50.7. The molecule has 6 nitrogen and oxygen atoms in total. The summed E-state index contributed by atoms with van der Waals surface area (Å²) in [7, 11) is 0. The van der Waals surface area contributed by atoms with Crippen LogP contribution in [-0.4, -0.2) is 37.2 Å². The Morgan fingerprint density at radius 1 is 0.349 bits per heavy atom. The van der Waals surface area contributed by atoms with Crippen LogP contribution in [0.15, 0.2) is 109 Å². The van der Waals surface area contributed by atoms with Crippen LogP contribution in [-0.2, 0) is 28.6 Å². The molecule has 0 aromatic rings. The average Bonchev–Trinajstić information content (AvgIpc) is 3.28. The Morgan fingerprint density at radius 2 is 0.683 bits per heavy atom. The largest absolute Gasteiger partial charge is 0.462 e. The van der Waals surface area contributed by atoms with Crippen molar-refractivity contribution in [1.29, 1.82) is 0 Å². The van der Waals surface area contributed by atoms with E-state index in [0.717, 1.165) is 122 Å². The first-order valence-electron chi connectivity index (χ1n) is 25.4. The summed E-state index contributed by atoms with van der Waals surface area (Å²) in [6.45, 7) is 6.31. The third-order valence-electron chi connectivity index (χ3n) is 10.3. The molecular formula is C57H92O6. The molecule has 0 saturated heterocycles. The number of hydrogen-bond acceptors (Lipinski definition) is 6. The quantitative estimate of drug-likeness (QED) is 0.0199. The number of allylic oxidation sites excluding steroid dienone is 18. The number of unbranched alkanes of at least 4 members (excludes halogenated alkanes) is 16. The van der Waals surface area contributed by atoms with Crippen molar-refractivity contribution in [2.24, 2.45) is 0 Å². The molecule has 0 rings (SSSR count). The van der Waals surface area contributed by atoms with Crippen LogP contribution in [0.3, 0.4) is 0 Å². The highest BCUT2D eigenvalue weighted by Gasteiger charge is 2.19. The van der Waals surface area contributed by atoms with Crippen LogP contribution in [0.1, 0.15) is 213 Å². The number of ether oxygens (including phenoxy) is 3.